The van der Waals surface area contributed by atoms with Gasteiger partial charge in [-0.25, -0.2) is 21.9 Å². The number of amides is 2. The van der Waals surface area contributed by atoms with E-state index in [4.69, 9.17) is 0 Å². The molecule has 2 aromatic rings. The summed E-state index contributed by atoms with van der Waals surface area (Å²) in [5.74, 6) is -3.10. The maximum Gasteiger partial charge on any atom is 0.244 e. The normalized spacial score (nSPS) is 11.3. The number of nitrogens with zero attached hydrogens (tertiary/aromatic N) is 1. The summed E-state index contributed by atoms with van der Waals surface area (Å²) < 4.78 is 54.7. The van der Waals surface area contributed by atoms with Crippen molar-refractivity contribution >= 4 is 27.5 Å². The Morgan fingerprint density at radius 3 is 2.32 bits per heavy atom. The molecular weight excluding hydrogens is 428 g/mol. The first-order valence-corrected chi connectivity index (χ1v) is 11.1. The Bertz CT molecular complexity index is 1050. The number of carbonyl (C=O) groups excluding carboxylic acids is 2. The number of hydrogen-bond donors (Lipinski definition) is 2. The number of aryl methyl sites for hydroxylation is 2. The van der Waals surface area contributed by atoms with E-state index >= 15 is 0 Å². The number of anilines is 1. The van der Waals surface area contributed by atoms with Crippen LogP contribution in [0.3, 0.4) is 0 Å². The minimum atomic E-state index is -3.80. The molecule has 10 heteroatoms. The number of carbonyl (C=O) groups is 2. The van der Waals surface area contributed by atoms with E-state index in [1.165, 1.54) is 11.0 Å². The van der Waals surface area contributed by atoms with Gasteiger partial charge in [-0.3, -0.25) is 9.59 Å². The molecule has 0 fully saturated rings. The van der Waals surface area contributed by atoms with Gasteiger partial charge in [0, 0.05) is 19.5 Å². The standard InChI is InChI=1S/C21H25F2N3O4S/c1-4-26(13-19(27)25-21-16(22)6-5-7-17(21)23)20(28)10-11-24-31(29,30)18-12-14(2)8-9-15(18)3/h5-9,12,24H,4,10-11,13H2,1-3H3,(H,25,27). The van der Waals surface area contributed by atoms with E-state index < -0.39 is 45.7 Å². The highest BCUT2D eigenvalue weighted by Crippen LogP contribution is 2.18. The summed E-state index contributed by atoms with van der Waals surface area (Å²) in [6, 6.07) is 8.22. The second kappa shape index (κ2) is 10.5. The van der Waals surface area contributed by atoms with Crippen molar-refractivity contribution in [3.8, 4) is 0 Å². The van der Waals surface area contributed by atoms with Gasteiger partial charge in [-0.15, -0.1) is 0 Å². The average molecular weight is 454 g/mol. The molecule has 0 bridgehead atoms. The Balaban J connectivity index is 1.94. The van der Waals surface area contributed by atoms with Gasteiger partial charge in [0.05, 0.1) is 11.4 Å². The third kappa shape index (κ3) is 6.56. The molecule has 168 valence electrons. The van der Waals surface area contributed by atoms with Gasteiger partial charge in [0.15, 0.2) is 0 Å². The minimum Gasteiger partial charge on any atom is -0.334 e. The van der Waals surface area contributed by atoms with E-state index in [0.717, 1.165) is 17.7 Å². The lowest BCUT2D eigenvalue weighted by Crippen LogP contribution is -2.39. The molecule has 0 atom stereocenters. The summed E-state index contributed by atoms with van der Waals surface area (Å²) >= 11 is 0. The highest BCUT2D eigenvalue weighted by Gasteiger charge is 2.20. The lowest BCUT2D eigenvalue weighted by Gasteiger charge is -2.20. The second-order valence-electron chi connectivity index (χ2n) is 6.97. The van der Waals surface area contributed by atoms with E-state index in [-0.39, 0.29) is 24.4 Å². The van der Waals surface area contributed by atoms with Crippen molar-refractivity contribution in [1.82, 2.24) is 9.62 Å². The molecule has 0 aliphatic rings. The lowest BCUT2D eigenvalue weighted by molar-refractivity contribution is -0.134. The Hall–Kier alpha value is -2.85. The number of halogens is 2. The molecule has 0 saturated heterocycles. The van der Waals surface area contributed by atoms with Crippen LogP contribution in [0.4, 0.5) is 14.5 Å². The van der Waals surface area contributed by atoms with Crippen molar-refractivity contribution in [3.05, 3.63) is 59.2 Å². The number of sulfonamides is 1. The van der Waals surface area contributed by atoms with Crippen LogP contribution >= 0.6 is 0 Å². The van der Waals surface area contributed by atoms with Gasteiger partial charge in [-0.1, -0.05) is 18.2 Å². The van der Waals surface area contributed by atoms with Crippen LogP contribution in [0.5, 0.6) is 0 Å². The largest absolute Gasteiger partial charge is 0.334 e. The quantitative estimate of drug-likeness (QED) is 0.610. The van der Waals surface area contributed by atoms with E-state index in [1.807, 2.05) is 0 Å². The maximum absolute atomic E-state index is 13.7. The highest BCUT2D eigenvalue weighted by atomic mass is 32.2. The molecule has 0 heterocycles. The summed E-state index contributed by atoms with van der Waals surface area (Å²) in [7, 11) is -3.80. The number of rotatable bonds is 9. The summed E-state index contributed by atoms with van der Waals surface area (Å²) in [5.41, 5.74) is 0.783. The lowest BCUT2D eigenvalue weighted by atomic mass is 10.2. The van der Waals surface area contributed by atoms with Crippen molar-refractivity contribution < 1.29 is 26.8 Å². The van der Waals surface area contributed by atoms with Crippen molar-refractivity contribution in [2.75, 3.05) is 25.0 Å². The molecule has 0 radical (unpaired) electrons. The van der Waals surface area contributed by atoms with Crippen molar-refractivity contribution in [1.29, 1.82) is 0 Å². The van der Waals surface area contributed by atoms with E-state index in [1.54, 1.807) is 39.0 Å². The maximum atomic E-state index is 13.7. The molecule has 0 spiro atoms. The summed E-state index contributed by atoms with van der Waals surface area (Å²) in [6.07, 6.45) is -0.181. The number of para-hydroxylation sites is 1. The molecule has 31 heavy (non-hydrogen) atoms. The molecule has 0 aliphatic heterocycles. The van der Waals surface area contributed by atoms with Gasteiger partial charge in [0.2, 0.25) is 21.8 Å². The van der Waals surface area contributed by atoms with E-state index in [9.17, 15) is 26.8 Å². The SMILES string of the molecule is CCN(CC(=O)Nc1c(F)cccc1F)C(=O)CCNS(=O)(=O)c1cc(C)ccc1C. The fourth-order valence-electron chi connectivity index (χ4n) is 2.87. The smallest absolute Gasteiger partial charge is 0.244 e. The Morgan fingerprint density at radius 1 is 1.06 bits per heavy atom. The molecule has 2 N–H and O–H groups in total. The predicted molar refractivity (Wildman–Crippen MR) is 113 cm³/mol. The first-order chi connectivity index (χ1) is 14.5. The van der Waals surface area contributed by atoms with Gasteiger partial charge in [-0.05, 0) is 50.1 Å². The molecule has 0 saturated carbocycles. The first kappa shape index (κ1) is 24.4. The Labute approximate surface area is 180 Å². The molecule has 0 unspecified atom stereocenters. The zero-order chi connectivity index (χ0) is 23.2. The molecule has 2 amide bonds. The monoisotopic (exact) mass is 453 g/mol. The number of likely N-dealkylation sites (N-methyl/N-ethyl adjacent to an activating group) is 1. The average Bonchev–Trinajstić information content (AvgIpc) is 2.70. The van der Waals surface area contributed by atoms with Crippen LogP contribution in [0, 0.1) is 25.5 Å². The van der Waals surface area contributed by atoms with Crippen molar-refractivity contribution in [2.24, 2.45) is 0 Å². The molecule has 2 aromatic carbocycles. The van der Waals surface area contributed by atoms with E-state index in [2.05, 4.69) is 10.0 Å². The fourth-order valence-corrected chi connectivity index (χ4v) is 4.23. The van der Waals surface area contributed by atoms with Crippen LogP contribution in [-0.2, 0) is 19.6 Å². The van der Waals surface area contributed by atoms with Crippen molar-refractivity contribution in [3.63, 3.8) is 0 Å². The van der Waals surface area contributed by atoms with Crippen LogP contribution in [0.2, 0.25) is 0 Å². The second-order valence-corrected chi connectivity index (χ2v) is 8.70. The minimum absolute atomic E-state index is 0.138. The van der Waals surface area contributed by atoms with Crippen LogP contribution in [-0.4, -0.2) is 44.8 Å². The molecular formula is C21H25F2N3O4S. The number of benzene rings is 2. The van der Waals surface area contributed by atoms with E-state index in [0.29, 0.717) is 5.56 Å². The predicted octanol–water partition coefficient (Wildman–Crippen LogP) is 2.74. The number of hydrogen-bond acceptors (Lipinski definition) is 4. The Morgan fingerprint density at radius 2 is 1.71 bits per heavy atom. The first-order valence-electron chi connectivity index (χ1n) is 9.63. The highest BCUT2D eigenvalue weighted by molar-refractivity contribution is 7.89. The zero-order valence-electron chi connectivity index (χ0n) is 17.5. The van der Waals surface area contributed by atoms with Crippen LogP contribution in [0.25, 0.3) is 0 Å². The third-order valence-electron chi connectivity index (χ3n) is 4.56. The topological polar surface area (TPSA) is 95.6 Å². The summed E-state index contributed by atoms with van der Waals surface area (Å²) in [6.45, 7) is 4.67. The van der Waals surface area contributed by atoms with Crippen LogP contribution < -0.4 is 10.0 Å². The molecule has 0 aliphatic carbocycles. The molecule has 7 nitrogen and oxygen atoms in total. The van der Waals surface area contributed by atoms with Crippen LogP contribution in [0.15, 0.2) is 41.3 Å². The molecule has 0 aromatic heterocycles. The van der Waals surface area contributed by atoms with Crippen molar-refractivity contribution in [2.45, 2.75) is 32.1 Å². The third-order valence-corrected chi connectivity index (χ3v) is 6.16. The zero-order valence-corrected chi connectivity index (χ0v) is 18.4. The van der Waals surface area contributed by atoms with Gasteiger partial charge in [-0.2, -0.15) is 0 Å². The van der Waals surface area contributed by atoms with Gasteiger partial charge >= 0.3 is 0 Å². The summed E-state index contributed by atoms with van der Waals surface area (Å²) in [5, 5.41) is 2.12. The Kier molecular flexibility index (Phi) is 8.23. The van der Waals surface area contributed by atoms with Gasteiger partial charge < -0.3 is 10.2 Å². The molecule has 2 rings (SSSR count). The van der Waals surface area contributed by atoms with Gasteiger partial charge in [0.1, 0.15) is 17.3 Å². The van der Waals surface area contributed by atoms with Crippen LogP contribution in [0.1, 0.15) is 24.5 Å². The summed E-state index contributed by atoms with van der Waals surface area (Å²) in [4.78, 5) is 25.8. The van der Waals surface area contributed by atoms with Gasteiger partial charge in [0.25, 0.3) is 0 Å². The fraction of sp³-hybridized carbons (Fsp3) is 0.333. The number of nitrogens with one attached hydrogen (secondary N) is 2.